The van der Waals surface area contributed by atoms with Crippen LogP contribution in [-0.4, -0.2) is 35.4 Å². The second-order valence-electron chi connectivity index (χ2n) is 10.2. The Morgan fingerprint density at radius 3 is 2.39 bits per heavy atom. The predicted molar refractivity (Wildman–Crippen MR) is 147 cm³/mol. The highest BCUT2D eigenvalue weighted by atomic mass is 16.6. The topological polar surface area (TPSA) is 87.7 Å². The first kappa shape index (κ1) is 26.9. The summed E-state index contributed by atoms with van der Waals surface area (Å²) in [6.45, 7) is 6.96. The number of ether oxygens (including phenoxy) is 1. The van der Waals surface area contributed by atoms with E-state index in [9.17, 15) is 14.4 Å². The van der Waals surface area contributed by atoms with Crippen LogP contribution in [0.3, 0.4) is 0 Å². The van der Waals surface area contributed by atoms with Gasteiger partial charge in [0.05, 0.1) is 13.0 Å². The van der Waals surface area contributed by atoms with Gasteiger partial charge in [0.25, 0.3) is 0 Å². The Morgan fingerprint density at radius 1 is 0.947 bits per heavy atom. The van der Waals surface area contributed by atoms with Crippen molar-refractivity contribution in [3.8, 4) is 0 Å². The monoisotopic (exact) mass is 513 g/mol. The van der Waals surface area contributed by atoms with Gasteiger partial charge in [0.15, 0.2) is 12.1 Å². The molecular formula is C31H35N3O4. The molecule has 0 radical (unpaired) electrons. The summed E-state index contributed by atoms with van der Waals surface area (Å²) in [6, 6.07) is 23.7. The standard InChI is InChI=1S/C31H35N3O4/c1-21(2)16-17-32-30(36)28-29(38-31(37)34(28)20-24-14-12-22(3)13-15-24)25-10-7-11-26(19-25)33-27(35)18-23-8-5-4-6-9-23/h4-15,19,21,28-29H,16-18,20H2,1-3H3,(H,32,36)(H,33,35). The molecule has 0 bridgehead atoms. The first-order valence-corrected chi connectivity index (χ1v) is 13.0. The largest absolute Gasteiger partial charge is 0.438 e. The smallest absolute Gasteiger partial charge is 0.411 e. The average molecular weight is 514 g/mol. The van der Waals surface area contributed by atoms with E-state index in [4.69, 9.17) is 4.74 Å². The molecule has 2 N–H and O–H groups in total. The molecule has 7 nitrogen and oxygen atoms in total. The zero-order valence-corrected chi connectivity index (χ0v) is 22.1. The Hall–Kier alpha value is -4.13. The van der Waals surface area contributed by atoms with Crippen LogP contribution in [0.4, 0.5) is 10.5 Å². The van der Waals surface area contributed by atoms with E-state index in [1.807, 2.05) is 67.6 Å². The van der Waals surface area contributed by atoms with Crippen molar-refractivity contribution in [2.24, 2.45) is 5.92 Å². The maximum atomic E-state index is 13.4. The van der Waals surface area contributed by atoms with E-state index in [-0.39, 0.29) is 24.8 Å². The number of carbonyl (C=O) groups is 3. The normalized spacial score (nSPS) is 16.8. The highest BCUT2D eigenvalue weighted by molar-refractivity contribution is 5.92. The van der Waals surface area contributed by atoms with Crippen LogP contribution in [0.5, 0.6) is 0 Å². The van der Waals surface area contributed by atoms with Crippen molar-refractivity contribution >= 4 is 23.6 Å². The molecule has 4 rings (SSSR count). The maximum Gasteiger partial charge on any atom is 0.411 e. The molecule has 1 aliphatic rings. The summed E-state index contributed by atoms with van der Waals surface area (Å²) in [7, 11) is 0. The summed E-state index contributed by atoms with van der Waals surface area (Å²) >= 11 is 0. The fourth-order valence-electron chi connectivity index (χ4n) is 4.47. The summed E-state index contributed by atoms with van der Waals surface area (Å²) < 4.78 is 5.79. The van der Waals surface area contributed by atoms with Gasteiger partial charge in [0.2, 0.25) is 11.8 Å². The summed E-state index contributed by atoms with van der Waals surface area (Å²) in [4.78, 5) is 40.6. The molecule has 1 saturated heterocycles. The summed E-state index contributed by atoms with van der Waals surface area (Å²) in [5, 5.41) is 5.91. The minimum Gasteiger partial charge on any atom is -0.438 e. The van der Waals surface area contributed by atoms with Gasteiger partial charge in [-0.1, -0.05) is 86.1 Å². The number of benzene rings is 3. The molecule has 1 heterocycles. The Labute approximate surface area is 224 Å². The third kappa shape index (κ3) is 7.00. The van der Waals surface area contributed by atoms with Crippen molar-refractivity contribution in [2.45, 2.75) is 52.3 Å². The van der Waals surface area contributed by atoms with Crippen LogP contribution in [0, 0.1) is 12.8 Å². The fourth-order valence-corrected chi connectivity index (χ4v) is 4.47. The minimum absolute atomic E-state index is 0.152. The van der Waals surface area contributed by atoms with Crippen LogP contribution in [0.15, 0.2) is 78.9 Å². The van der Waals surface area contributed by atoms with E-state index in [1.165, 1.54) is 4.90 Å². The van der Waals surface area contributed by atoms with Gasteiger partial charge in [0.1, 0.15) is 0 Å². The van der Waals surface area contributed by atoms with Crippen molar-refractivity contribution in [3.63, 3.8) is 0 Å². The van der Waals surface area contributed by atoms with E-state index in [0.29, 0.717) is 23.7 Å². The Kier molecular flexibility index (Phi) is 8.79. The lowest BCUT2D eigenvalue weighted by Gasteiger charge is -2.24. The molecular weight excluding hydrogens is 478 g/mol. The second-order valence-corrected chi connectivity index (χ2v) is 10.2. The van der Waals surface area contributed by atoms with Gasteiger partial charge in [-0.2, -0.15) is 0 Å². The first-order valence-electron chi connectivity index (χ1n) is 13.0. The Bertz CT molecular complexity index is 1260. The number of cyclic esters (lactones) is 1. The first-order chi connectivity index (χ1) is 18.3. The van der Waals surface area contributed by atoms with Gasteiger partial charge in [-0.05, 0) is 48.1 Å². The quantitative estimate of drug-likeness (QED) is 0.380. The molecule has 1 aliphatic heterocycles. The molecule has 0 spiro atoms. The van der Waals surface area contributed by atoms with Crippen LogP contribution in [0.2, 0.25) is 0 Å². The molecule has 3 amide bonds. The molecule has 1 fully saturated rings. The Morgan fingerprint density at radius 2 is 1.68 bits per heavy atom. The molecule has 3 aromatic rings. The lowest BCUT2D eigenvalue weighted by molar-refractivity contribution is -0.126. The molecule has 2 unspecified atom stereocenters. The number of rotatable bonds is 10. The van der Waals surface area contributed by atoms with Crippen LogP contribution in [-0.2, 0) is 27.3 Å². The van der Waals surface area contributed by atoms with Crippen LogP contribution in [0.25, 0.3) is 0 Å². The van der Waals surface area contributed by atoms with Gasteiger partial charge in [-0.3, -0.25) is 14.5 Å². The fraction of sp³-hybridized carbons (Fsp3) is 0.323. The SMILES string of the molecule is Cc1ccc(CN2C(=O)OC(c3cccc(NC(=O)Cc4ccccc4)c3)C2C(=O)NCCC(C)C)cc1. The number of anilines is 1. The van der Waals surface area contributed by atoms with Gasteiger partial charge < -0.3 is 15.4 Å². The van der Waals surface area contributed by atoms with E-state index in [1.54, 1.807) is 18.2 Å². The third-order valence-corrected chi connectivity index (χ3v) is 6.55. The number of amides is 3. The van der Waals surface area contributed by atoms with E-state index in [2.05, 4.69) is 24.5 Å². The van der Waals surface area contributed by atoms with Crippen molar-refractivity contribution in [2.75, 3.05) is 11.9 Å². The van der Waals surface area contributed by atoms with Gasteiger partial charge in [0, 0.05) is 12.2 Å². The lowest BCUT2D eigenvalue weighted by atomic mass is 9.99. The zero-order valence-electron chi connectivity index (χ0n) is 22.1. The predicted octanol–water partition coefficient (Wildman–Crippen LogP) is 5.40. The lowest BCUT2D eigenvalue weighted by Crippen LogP contribution is -2.46. The second kappa shape index (κ2) is 12.4. The van der Waals surface area contributed by atoms with Crippen molar-refractivity contribution in [1.29, 1.82) is 0 Å². The highest BCUT2D eigenvalue weighted by Gasteiger charge is 2.47. The average Bonchev–Trinajstić information content (AvgIpc) is 3.21. The Balaban J connectivity index is 1.55. The maximum absolute atomic E-state index is 13.4. The van der Waals surface area contributed by atoms with E-state index < -0.39 is 18.2 Å². The van der Waals surface area contributed by atoms with Gasteiger partial charge in [-0.15, -0.1) is 0 Å². The molecule has 38 heavy (non-hydrogen) atoms. The molecule has 0 aliphatic carbocycles. The van der Waals surface area contributed by atoms with E-state index >= 15 is 0 Å². The summed E-state index contributed by atoms with van der Waals surface area (Å²) in [5.74, 6) is 0.0280. The number of nitrogens with one attached hydrogen (secondary N) is 2. The van der Waals surface area contributed by atoms with Crippen molar-refractivity contribution in [3.05, 3.63) is 101 Å². The molecule has 2 atom stereocenters. The molecule has 0 saturated carbocycles. The third-order valence-electron chi connectivity index (χ3n) is 6.55. The summed E-state index contributed by atoms with van der Waals surface area (Å²) in [5.41, 5.74) is 4.16. The number of aryl methyl sites for hydroxylation is 1. The summed E-state index contributed by atoms with van der Waals surface area (Å²) in [6.07, 6.45) is -0.274. The number of hydrogen-bond donors (Lipinski definition) is 2. The van der Waals surface area contributed by atoms with Crippen LogP contribution in [0.1, 0.15) is 48.6 Å². The zero-order chi connectivity index (χ0) is 27.1. The molecule has 198 valence electrons. The van der Waals surface area contributed by atoms with Crippen LogP contribution >= 0.6 is 0 Å². The number of hydrogen-bond acceptors (Lipinski definition) is 4. The van der Waals surface area contributed by atoms with Crippen molar-refractivity contribution in [1.82, 2.24) is 10.2 Å². The highest BCUT2D eigenvalue weighted by Crippen LogP contribution is 2.35. The molecule has 7 heteroatoms. The molecule has 0 aromatic heterocycles. The van der Waals surface area contributed by atoms with Crippen LogP contribution < -0.4 is 10.6 Å². The van der Waals surface area contributed by atoms with Crippen molar-refractivity contribution < 1.29 is 19.1 Å². The molecule has 3 aromatic carbocycles. The van der Waals surface area contributed by atoms with E-state index in [0.717, 1.165) is 23.1 Å². The van der Waals surface area contributed by atoms with Gasteiger partial charge >= 0.3 is 6.09 Å². The minimum atomic E-state index is -0.841. The van der Waals surface area contributed by atoms with Gasteiger partial charge in [-0.25, -0.2) is 4.79 Å². The number of carbonyl (C=O) groups excluding carboxylic acids is 3. The number of nitrogens with zero attached hydrogens (tertiary/aromatic N) is 1.